The van der Waals surface area contributed by atoms with Crippen LogP contribution >= 0.6 is 17.7 Å². The molecule has 88 valence electrons. The van der Waals surface area contributed by atoms with Crippen molar-refractivity contribution in [2.45, 2.75) is 0 Å². The lowest BCUT2D eigenvalue weighted by Crippen LogP contribution is -2.12. The zero-order valence-corrected chi connectivity index (χ0v) is 10.3. The Hall–Kier alpha value is -1.18. The van der Waals surface area contributed by atoms with Crippen LogP contribution in [0.3, 0.4) is 0 Å². The fourth-order valence-corrected chi connectivity index (χ4v) is 3.52. The molecule has 0 bridgehead atoms. The van der Waals surface area contributed by atoms with Crippen LogP contribution in [0.25, 0.3) is 0 Å². The standard InChI is InChI=1S/C12H8ClF2OP/c13-17(16,11-5-1-3-9(14)7-11)12-6-2-4-10(15)8-12/h1-8H. The molecule has 0 aromatic heterocycles. The fourth-order valence-electron chi connectivity index (χ4n) is 1.46. The molecule has 2 aromatic rings. The first kappa shape index (κ1) is 12.3. The quantitative estimate of drug-likeness (QED) is 0.766. The van der Waals surface area contributed by atoms with E-state index in [-0.39, 0.29) is 10.6 Å². The topological polar surface area (TPSA) is 17.1 Å². The van der Waals surface area contributed by atoms with Crippen LogP contribution in [0, 0.1) is 11.6 Å². The van der Waals surface area contributed by atoms with Crippen LogP contribution in [-0.4, -0.2) is 0 Å². The molecule has 0 aliphatic heterocycles. The summed E-state index contributed by atoms with van der Waals surface area (Å²) in [5.74, 6) is -1.06. The average Bonchev–Trinajstić information content (AvgIpc) is 2.29. The van der Waals surface area contributed by atoms with Crippen LogP contribution in [-0.2, 0) is 4.57 Å². The minimum absolute atomic E-state index is 0.157. The van der Waals surface area contributed by atoms with Crippen LogP contribution in [0.5, 0.6) is 0 Å². The normalized spacial score (nSPS) is 11.5. The third kappa shape index (κ3) is 2.56. The first-order valence-electron chi connectivity index (χ1n) is 4.82. The summed E-state index contributed by atoms with van der Waals surface area (Å²) in [6.07, 6.45) is 0. The molecule has 2 rings (SSSR count). The van der Waals surface area contributed by atoms with E-state index in [2.05, 4.69) is 0 Å². The van der Waals surface area contributed by atoms with Gasteiger partial charge in [0.2, 0.25) is 6.49 Å². The Balaban J connectivity index is 2.53. The van der Waals surface area contributed by atoms with Crippen LogP contribution < -0.4 is 10.6 Å². The smallest absolute Gasteiger partial charge is 0.225 e. The van der Waals surface area contributed by atoms with Crippen molar-refractivity contribution in [1.82, 2.24) is 0 Å². The van der Waals surface area contributed by atoms with Crippen LogP contribution in [0.4, 0.5) is 8.78 Å². The Morgan fingerprint density at radius 3 is 1.65 bits per heavy atom. The Morgan fingerprint density at radius 1 is 0.882 bits per heavy atom. The van der Waals surface area contributed by atoms with Gasteiger partial charge in [0.15, 0.2) is 0 Å². The van der Waals surface area contributed by atoms with Gasteiger partial charge in [-0.15, -0.1) is 0 Å². The SMILES string of the molecule is O=P(Cl)(c1cccc(F)c1)c1cccc(F)c1. The molecule has 0 N–H and O–H groups in total. The molecule has 0 aliphatic carbocycles. The Labute approximate surface area is 102 Å². The van der Waals surface area contributed by atoms with Gasteiger partial charge in [-0.3, -0.25) is 4.57 Å². The van der Waals surface area contributed by atoms with Gasteiger partial charge in [0.25, 0.3) is 0 Å². The molecule has 1 nitrogen and oxygen atoms in total. The van der Waals surface area contributed by atoms with E-state index in [4.69, 9.17) is 11.2 Å². The average molecular weight is 273 g/mol. The molecule has 2 aromatic carbocycles. The second-order valence-corrected chi connectivity index (χ2v) is 7.02. The van der Waals surface area contributed by atoms with Gasteiger partial charge in [-0.25, -0.2) is 8.78 Å². The zero-order chi connectivity index (χ0) is 12.5. The lowest BCUT2D eigenvalue weighted by atomic mass is 10.3. The third-order valence-electron chi connectivity index (χ3n) is 2.28. The van der Waals surface area contributed by atoms with Gasteiger partial charge in [0.05, 0.1) is 0 Å². The first-order chi connectivity index (χ1) is 8.00. The van der Waals surface area contributed by atoms with Crippen molar-refractivity contribution in [3.8, 4) is 0 Å². The number of hydrogen-bond donors (Lipinski definition) is 0. The molecule has 0 radical (unpaired) electrons. The van der Waals surface area contributed by atoms with Crippen molar-refractivity contribution >= 4 is 28.3 Å². The molecular formula is C12H8ClF2OP. The predicted octanol–water partition coefficient (Wildman–Crippen LogP) is 3.43. The minimum Gasteiger partial charge on any atom is -0.296 e. The van der Waals surface area contributed by atoms with E-state index in [1.54, 1.807) is 0 Å². The van der Waals surface area contributed by atoms with E-state index in [1.807, 2.05) is 0 Å². The zero-order valence-electron chi connectivity index (χ0n) is 8.61. The highest BCUT2D eigenvalue weighted by Gasteiger charge is 2.24. The van der Waals surface area contributed by atoms with Gasteiger partial charge in [0, 0.05) is 10.6 Å². The van der Waals surface area contributed by atoms with Gasteiger partial charge in [0.1, 0.15) is 11.6 Å². The highest BCUT2D eigenvalue weighted by Crippen LogP contribution is 2.48. The summed E-state index contributed by atoms with van der Waals surface area (Å²) in [4.78, 5) is 0. The van der Waals surface area contributed by atoms with Crippen molar-refractivity contribution in [2.24, 2.45) is 0 Å². The molecule has 17 heavy (non-hydrogen) atoms. The van der Waals surface area contributed by atoms with Gasteiger partial charge in [-0.1, -0.05) is 12.1 Å². The van der Waals surface area contributed by atoms with Gasteiger partial charge in [-0.2, -0.15) is 0 Å². The minimum atomic E-state index is -3.46. The monoisotopic (exact) mass is 272 g/mol. The second kappa shape index (κ2) is 4.59. The van der Waals surface area contributed by atoms with E-state index in [9.17, 15) is 13.3 Å². The van der Waals surface area contributed by atoms with Crippen LogP contribution in [0.15, 0.2) is 48.5 Å². The van der Waals surface area contributed by atoms with Crippen molar-refractivity contribution < 1.29 is 13.3 Å². The molecule has 0 heterocycles. The third-order valence-corrected chi connectivity index (χ3v) is 5.34. The lowest BCUT2D eigenvalue weighted by Gasteiger charge is -2.11. The largest absolute Gasteiger partial charge is 0.296 e. The summed E-state index contributed by atoms with van der Waals surface area (Å²) in [6, 6.07) is 10.4. The summed E-state index contributed by atoms with van der Waals surface area (Å²) in [6.45, 7) is -3.46. The highest BCUT2D eigenvalue weighted by atomic mass is 35.7. The van der Waals surface area contributed by atoms with Crippen LogP contribution in [0.1, 0.15) is 0 Å². The summed E-state index contributed by atoms with van der Waals surface area (Å²) < 4.78 is 38.4. The molecule has 0 spiro atoms. The molecule has 0 atom stereocenters. The number of hydrogen-bond acceptors (Lipinski definition) is 1. The number of rotatable bonds is 2. The number of halogens is 3. The van der Waals surface area contributed by atoms with Gasteiger partial charge < -0.3 is 0 Å². The molecular weight excluding hydrogens is 265 g/mol. The maximum Gasteiger partial charge on any atom is 0.225 e. The number of benzene rings is 2. The van der Waals surface area contributed by atoms with E-state index >= 15 is 0 Å². The van der Waals surface area contributed by atoms with E-state index in [0.717, 1.165) is 12.1 Å². The van der Waals surface area contributed by atoms with Crippen molar-refractivity contribution in [2.75, 3.05) is 0 Å². The Morgan fingerprint density at radius 2 is 1.29 bits per heavy atom. The highest BCUT2D eigenvalue weighted by molar-refractivity contribution is 8.00. The summed E-state index contributed by atoms with van der Waals surface area (Å²) in [5, 5.41) is 0.314. The van der Waals surface area contributed by atoms with E-state index in [0.29, 0.717) is 0 Å². The molecule has 0 amide bonds. The second-order valence-electron chi connectivity index (χ2n) is 3.49. The predicted molar refractivity (Wildman–Crippen MR) is 65.5 cm³/mol. The Kier molecular flexibility index (Phi) is 3.32. The van der Waals surface area contributed by atoms with Gasteiger partial charge >= 0.3 is 0 Å². The van der Waals surface area contributed by atoms with Crippen molar-refractivity contribution in [3.05, 3.63) is 60.2 Å². The maximum atomic E-state index is 13.0. The Bertz CT molecular complexity index is 551. The molecule has 0 saturated carbocycles. The maximum absolute atomic E-state index is 13.0. The fraction of sp³-hybridized carbons (Fsp3) is 0. The summed E-state index contributed by atoms with van der Waals surface area (Å²) in [7, 11) is 0. The molecule has 0 aliphatic rings. The molecule has 0 saturated heterocycles. The summed E-state index contributed by atoms with van der Waals surface area (Å²) in [5.41, 5.74) is 0. The van der Waals surface area contributed by atoms with E-state index < -0.39 is 18.1 Å². The lowest BCUT2D eigenvalue weighted by molar-refractivity contribution is 0.593. The first-order valence-corrected chi connectivity index (χ1v) is 7.43. The summed E-state index contributed by atoms with van der Waals surface area (Å²) >= 11 is 5.95. The van der Waals surface area contributed by atoms with Gasteiger partial charge in [-0.05, 0) is 47.6 Å². The molecule has 0 fully saturated rings. The molecule has 5 heteroatoms. The van der Waals surface area contributed by atoms with E-state index in [1.165, 1.54) is 36.4 Å². The van der Waals surface area contributed by atoms with Crippen molar-refractivity contribution in [3.63, 3.8) is 0 Å². The molecule has 0 unspecified atom stereocenters. The van der Waals surface area contributed by atoms with Crippen molar-refractivity contribution in [1.29, 1.82) is 0 Å². The van der Waals surface area contributed by atoms with Crippen LogP contribution in [0.2, 0.25) is 0 Å².